The Labute approximate surface area is 168 Å². The number of fused-ring (bicyclic) bond motifs is 1. The van der Waals surface area contributed by atoms with E-state index in [-0.39, 0.29) is 22.9 Å². The third-order valence-corrected chi connectivity index (χ3v) is 6.58. The quantitative estimate of drug-likeness (QED) is 0.707. The lowest BCUT2D eigenvalue weighted by molar-refractivity contribution is -0.117. The van der Waals surface area contributed by atoms with E-state index in [1.165, 1.54) is 21.7 Å². The molecule has 0 aliphatic carbocycles. The van der Waals surface area contributed by atoms with Gasteiger partial charge in [0.2, 0.25) is 5.91 Å². The summed E-state index contributed by atoms with van der Waals surface area (Å²) >= 11 is 0. The van der Waals surface area contributed by atoms with Gasteiger partial charge in [-0.15, -0.1) is 0 Å². The van der Waals surface area contributed by atoms with Crippen molar-refractivity contribution in [3.63, 3.8) is 0 Å². The van der Waals surface area contributed by atoms with Crippen molar-refractivity contribution in [2.24, 2.45) is 7.05 Å². The number of benzene rings is 2. The number of likely N-dealkylation sites (N-methyl/N-ethyl adjacent to an activating group) is 1. The topological polar surface area (TPSA) is 93.4 Å². The van der Waals surface area contributed by atoms with E-state index in [1.54, 1.807) is 56.0 Å². The predicted molar refractivity (Wildman–Crippen MR) is 110 cm³/mol. The molecule has 0 saturated carbocycles. The van der Waals surface area contributed by atoms with Crippen LogP contribution in [0.2, 0.25) is 0 Å². The second-order valence-corrected chi connectivity index (χ2v) is 8.64. The Balaban J connectivity index is 1.74. The molecule has 0 bridgehead atoms. The molecular formula is C20H20N4O4S. The highest BCUT2D eigenvalue weighted by molar-refractivity contribution is 7.92. The Morgan fingerprint density at radius 1 is 1.00 bits per heavy atom. The van der Waals surface area contributed by atoms with Crippen molar-refractivity contribution >= 4 is 27.3 Å². The fraction of sp³-hybridized carbons (Fsp3) is 0.200. The molecule has 1 N–H and O–H groups in total. The first kappa shape index (κ1) is 19.0. The van der Waals surface area contributed by atoms with Crippen LogP contribution in [-0.2, 0) is 28.3 Å². The van der Waals surface area contributed by atoms with Crippen LogP contribution in [-0.4, -0.2) is 30.7 Å². The van der Waals surface area contributed by atoms with Crippen molar-refractivity contribution in [1.29, 1.82) is 0 Å². The lowest BCUT2D eigenvalue weighted by Gasteiger charge is -2.11. The van der Waals surface area contributed by atoms with Gasteiger partial charge < -0.3 is 4.90 Å². The van der Waals surface area contributed by atoms with Crippen LogP contribution >= 0.6 is 0 Å². The number of sulfonamides is 1. The summed E-state index contributed by atoms with van der Waals surface area (Å²) in [6, 6.07) is 13.5. The van der Waals surface area contributed by atoms with Gasteiger partial charge in [0.15, 0.2) is 0 Å². The zero-order valence-electron chi connectivity index (χ0n) is 16.2. The second-order valence-electron chi connectivity index (χ2n) is 6.96. The molecule has 0 saturated heterocycles. The molecule has 0 radical (unpaired) electrons. The Bertz CT molecular complexity index is 1290. The molecule has 150 valence electrons. The van der Waals surface area contributed by atoms with Crippen LogP contribution in [0, 0.1) is 6.92 Å². The number of carbonyl (C=O) groups is 1. The fourth-order valence-electron chi connectivity index (χ4n) is 3.49. The van der Waals surface area contributed by atoms with E-state index in [9.17, 15) is 18.0 Å². The smallest absolute Gasteiger partial charge is 0.296 e. The molecule has 1 aliphatic heterocycles. The van der Waals surface area contributed by atoms with Gasteiger partial charge in [0, 0.05) is 19.8 Å². The van der Waals surface area contributed by atoms with Gasteiger partial charge in [-0.2, -0.15) is 0 Å². The van der Waals surface area contributed by atoms with E-state index in [0.29, 0.717) is 22.6 Å². The molecule has 4 rings (SSSR count). The Hall–Kier alpha value is -3.33. The number of nitrogens with zero attached hydrogens (tertiary/aromatic N) is 3. The van der Waals surface area contributed by atoms with Gasteiger partial charge in [-0.05, 0) is 42.8 Å². The standard InChI is InChI=1S/C20H20N4O4S/c1-13-19(20(26)24(23(13)3)15-7-5-4-6-8-15)21-29(27,28)16-9-10-17-14(11-16)12-18(25)22(17)2/h4-11,21H,12H2,1-3H3. The number of anilines is 2. The molecular weight excluding hydrogens is 392 g/mol. The van der Waals surface area contributed by atoms with Crippen LogP contribution in [0.3, 0.4) is 0 Å². The number of hydrogen-bond acceptors (Lipinski definition) is 4. The highest BCUT2D eigenvalue weighted by atomic mass is 32.2. The molecule has 9 heteroatoms. The van der Waals surface area contributed by atoms with Gasteiger partial charge in [0.25, 0.3) is 15.6 Å². The summed E-state index contributed by atoms with van der Waals surface area (Å²) in [6.45, 7) is 1.68. The van der Waals surface area contributed by atoms with E-state index in [1.807, 2.05) is 6.07 Å². The van der Waals surface area contributed by atoms with Crippen LogP contribution in [0.5, 0.6) is 0 Å². The number of nitrogens with one attached hydrogen (secondary N) is 1. The fourth-order valence-corrected chi connectivity index (χ4v) is 4.66. The SMILES string of the molecule is Cc1c(NS(=O)(=O)c2ccc3c(c2)CC(=O)N3C)c(=O)n(-c2ccccc2)n1C. The number of aromatic nitrogens is 2. The second kappa shape index (κ2) is 6.63. The number of amides is 1. The number of para-hydroxylation sites is 1. The van der Waals surface area contributed by atoms with Crippen molar-refractivity contribution in [2.75, 3.05) is 16.7 Å². The van der Waals surface area contributed by atoms with Gasteiger partial charge in [-0.1, -0.05) is 18.2 Å². The average molecular weight is 412 g/mol. The third-order valence-electron chi connectivity index (χ3n) is 5.23. The van der Waals surface area contributed by atoms with Gasteiger partial charge in [-0.25, -0.2) is 13.1 Å². The zero-order chi connectivity index (χ0) is 20.9. The Kier molecular flexibility index (Phi) is 4.34. The molecule has 3 aromatic rings. The van der Waals surface area contributed by atoms with Crippen LogP contribution in [0.15, 0.2) is 58.2 Å². The number of rotatable bonds is 4. The summed E-state index contributed by atoms with van der Waals surface area (Å²) in [7, 11) is -0.661. The van der Waals surface area contributed by atoms with Crippen LogP contribution in [0.4, 0.5) is 11.4 Å². The van der Waals surface area contributed by atoms with Gasteiger partial charge in [-0.3, -0.25) is 19.0 Å². The zero-order valence-corrected chi connectivity index (χ0v) is 17.0. The summed E-state index contributed by atoms with van der Waals surface area (Å²) in [5, 5.41) is 0. The summed E-state index contributed by atoms with van der Waals surface area (Å²) in [5.74, 6) is -0.0906. The minimum Gasteiger partial charge on any atom is -0.315 e. The van der Waals surface area contributed by atoms with E-state index in [4.69, 9.17) is 0 Å². The molecule has 1 aliphatic rings. The molecule has 29 heavy (non-hydrogen) atoms. The first-order valence-corrected chi connectivity index (χ1v) is 10.5. The minimum absolute atomic E-state index is 0.00765. The lowest BCUT2D eigenvalue weighted by atomic mass is 10.2. The van der Waals surface area contributed by atoms with Crippen LogP contribution in [0.1, 0.15) is 11.3 Å². The molecule has 0 fully saturated rings. The Morgan fingerprint density at radius 2 is 1.69 bits per heavy atom. The van der Waals surface area contributed by atoms with Crippen molar-refractivity contribution < 1.29 is 13.2 Å². The molecule has 2 heterocycles. The van der Waals surface area contributed by atoms with Crippen molar-refractivity contribution in [3.05, 3.63) is 70.1 Å². The van der Waals surface area contributed by atoms with E-state index < -0.39 is 15.6 Å². The van der Waals surface area contributed by atoms with Crippen LogP contribution < -0.4 is 15.2 Å². The molecule has 0 spiro atoms. The Morgan fingerprint density at radius 3 is 2.38 bits per heavy atom. The highest BCUT2D eigenvalue weighted by Gasteiger charge is 2.27. The first-order valence-electron chi connectivity index (χ1n) is 8.97. The van der Waals surface area contributed by atoms with E-state index in [2.05, 4.69) is 4.72 Å². The number of hydrogen-bond donors (Lipinski definition) is 1. The van der Waals surface area contributed by atoms with E-state index >= 15 is 0 Å². The van der Waals surface area contributed by atoms with Crippen molar-refractivity contribution in [2.45, 2.75) is 18.2 Å². The van der Waals surface area contributed by atoms with Crippen molar-refractivity contribution in [3.8, 4) is 5.69 Å². The summed E-state index contributed by atoms with van der Waals surface area (Å²) in [4.78, 5) is 26.3. The van der Waals surface area contributed by atoms with Gasteiger partial charge in [0.1, 0.15) is 5.69 Å². The largest absolute Gasteiger partial charge is 0.315 e. The first-order chi connectivity index (χ1) is 13.7. The third kappa shape index (κ3) is 3.03. The average Bonchev–Trinajstić information content (AvgIpc) is 3.09. The predicted octanol–water partition coefficient (Wildman–Crippen LogP) is 1.80. The summed E-state index contributed by atoms with van der Waals surface area (Å²) < 4.78 is 31.4. The molecule has 1 amide bonds. The lowest BCUT2D eigenvalue weighted by Crippen LogP contribution is -2.23. The van der Waals surface area contributed by atoms with Gasteiger partial charge in [0.05, 0.1) is 22.7 Å². The maximum absolute atomic E-state index is 13.0. The molecule has 1 aromatic heterocycles. The van der Waals surface area contributed by atoms with Gasteiger partial charge >= 0.3 is 0 Å². The minimum atomic E-state index is -4.01. The molecule has 0 atom stereocenters. The molecule has 2 aromatic carbocycles. The molecule has 0 unspecified atom stereocenters. The summed E-state index contributed by atoms with van der Waals surface area (Å²) in [5.41, 5.74) is 1.98. The monoisotopic (exact) mass is 412 g/mol. The van der Waals surface area contributed by atoms with Crippen LogP contribution in [0.25, 0.3) is 5.69 Å². The maximum atomic E-state index is 13.0. The van der Waals surface area contributed by atoms with Crippen molar-refractivity contribution in [1.82, 2.24) is 9.36 Å². The normalized spacial score (nSPS) is 13.6. The highest BCUT2D eigenvalue weighted by Crippen LogP contribution is 2.30. The summed E-state index contributed by atoms with van der Waals surface area (Å²) in [6.07, 6.45) is 0.153. The number of carbonyl (C=O) groups excluding carboxylic acids is 1. The maximum Gasteiger partial charge on any atom is 0.296 e. The molecule has 8 nitrogen and oxygen atoms in total. The van der Waals surface area contributed by atoms with E-state index in [0.717, 1.165) is 0 Å².